The fourth-order valence-electron chi connectivity index (χ4n) is 2.17. The smallest absolute Gasteiger partial charge is 0.174 e. The average molecular weight is 354 g/mol. The van der Waals surface area contributed by atoms with Gasteiger partial charge in [-0.25, -0.2) is 0 Å². The van der Waals surface area contributed by atoms with E-state index in [0.717, 1.165) is 41.0 Å². The molecule has 0 atom stereocenters. The van der Waals surface area contributed by atoms with Gasteiger partial charge in [-0.2, -0.15) is 5.10 Å². The number of aromatic nitrogens is 2. The van der Waals surface area contributed by atoms with Crippen LogP contribution in [0.2, 0.25) is 0 Å². The Hall–Kier alpha value is -1.53. The minimum atomic E-state index is 0.719. The SMILES string of the molecule is COc1cc(CNCCc2ccnn2C)cc(Br)c1OC. The molecule has 0 aliphatic carbocycles. The van der Waals surface area contributed by atoms with Crippen molar-refractivity contribution < 1.29 is 9.47 Å². The van der Waals surface area contributed by atoms with E-state index < -0.39 is 0 Å². The molecule has 0 unspecified atom stereocenters. The minimum absolute atomic E-state index is 0.719. The molecule has 1 heterocycles. The molecule has 6 heteroatoms. The van der Waals surface area contributed by atoms with Gasteiger partial charge >= 0.3 is 0 Å². The summed E-state index contributed by atoms with van der Waals surface area (Å²) in [5.74, 6) is 1.45. The Morgan fingerprint density at radius 1 is 1.29 bits per heavy atom. The molecule has 5 nitrogen and oxygen atoms in total. The van der Waals surface area contributed by atoms with E-state index in [4.69, 9.17) is 9.47 Å². The Morgan fingerprint density at radius 3 is 2.71 bits per heavy atom. The predicted octanol–water partition coefficient (Wildman–Crippen LogP) is 2.53. The van der Waals surface area contributed by atoms with Gasteiger partial charge in [-0.05, 0) is 39.7 Å². The number of aryl methyl sites for hydroxylation is 1. The molecule has 0 bridgehead atoms. The lowest BCUT2D eigenvalue weighted by atomic mass is 10.2. The summed E-state index contributed by atoms with van der Waals surface area (Å²) in [6.07, 6.45) is 2.77. The second kappa shape index (κ2) is 7.47. The molecule has 2 aromatic rings. The first-order valence-electron chi connectivity index (χ1n) is 6.73. The topological polar surface area (TPSA) is 48.3 Å². The lowest BCUT2D eigenvalue weighted by Gasteiger charge is -2.12. The molecule has 0 aliphatic heterocycles. The molecule has 1 N–H and O–H groups in total. The number of ether oxygens (including phenoxy) is 2. The van der Waals surface area contributed by atoms with Gasteiger partial charge in [0.15, 0.2) is 11.5 Å². The fraction of sp³-hybridized carbons (Fsp3) is 0.400. The molecule has 0 saturated carbocycles. The number of hydrogen-bond donors (Lipinski definition) is 1. The average Bonchev–Trinajstić information content (AvgIpc) is 2.88. The van der Waals surface area contributed by atoms with E-state index in [2.05, 4.69) is 26.3 Å². The Kier molecular flexibility index (Phi) is 5.64. The van der Waals surface area contributed by atoms with Crippen LogP contribution >= 0.6 is 15.9 Å². The molecule has 1 aromatic carbocycles. The molecule has 0 fully saturated rings. The zero-order chi connectivity index (χ0) is 15.2. The van der Waals surface area contributed by atoms with Gasteiger partial charge in [-0.1, -0.05) is 0 Å². The molecule has 1 aromatic heterocycles. The summed E-state index contributed by atoms with van der Waals surface area (Å²) in [5, 5.41) is 7.58. The van der Waals surface area contributed by atoms with Crippen LogP contribution in [0.4, 0.5) is 0 Å². The number of hydrogen-bond acceptors (Lipinski definition) is 4. The molecule has 0 aliphatic rings. The first-order chi connectivity index (χ1) is 10.2. The Bertz CT molecular complexity index is 599. The van der Waals surface area contributed by atoms with Crippen molar-refractivity contribution in [2.24, 2.45) is 7.05 Å². The molecule has 0 amide bonds. The second-order valence-electron chi connectivity index (χ2n) is 4.69. The molecular formula is C15H20BrN3O2. The molecule has 0 radical (unpaired) electrons. The number of nitrogens with one attached hydrogen (secondary N) is 1. The highest BCUT2D eigenvalue weighted by atomic mass is 79.9. The highest BCUT2D eigenvalue weighted by Crippen LogP contribution is 2.36. The van der Waals surface area contributed by atoms with Crippen molar-refractivity contribution in [1.82, 2.24) is 15.1 Å². The van der Waals surface area contributed by atoms with Gasteiger partial charge in [0.2, 0.25) is 0 Å². The van der Waals surface area contributed by atoms with Crippen molar-refractivity contribution in [2.75, 3.05) is 20.8 Å². The maximum Gasteiger partial charge on any atom is 0.174 e. The summed E-state index contributed by atoms with van der Waals surface area (Å²) in [7, 11) is 5.24. The van der Waals surface area contributed by atoms with Crippen LogP contribution in [0, 0.1) is 0 Å². The van der Waals surface area contributed by atoms with E-state index in [9.17, 15) is 0 Å². The van der Waals surface area contributed by atoms with E-state index in [0.29, 0.717) is 0 Å². The number of methoxy groups -OCH3 is 2. The van der Waals surface area contributed by atoms with Gasteiger partial charge in [-0.3, -0.25) is 4.68 Å². The summed E-state index contributed by atoms with van der Waals surface area (Å²) in [6.45, 7) is 1.67. The lowest BCUT2D eigenvalue weighted by Crippen LogP contribution is -2.18. The fourth-order valence-corrected chi connectivity index (χ4v) is 2.82. The maximum atomic E-state index is 5.34. The first-order valence-corrected chi connectivity index (χ1v) is 7.53. The van der Waals surface area contributed by atoms with E-state index >= 15 is 0 Å². The van der Waals surface area contributed by atoms with Crippen molar-refractivity contribution in [3.63, 3.8) is 0 Å². The van der Waals surface area contributed by atoms with Crippen molar-refractivity contribution in [1.29, 1.82) is 0 Å². The maximum absolute atomic E-state index is 5.34. The zero-order valence-electron chi connectivity index (χ0n) is 12.5. The van der Waals surface area contributed by atoms with E-state index in [1.807, 2.05) is 36.1 Å². The second-order valence-corrected chi connectivity index (χ2v) is 5.54. The Labute approximate surface area is 133 Å². The van der Waals surface area contributed by atoms with Crippen LogP contribution in [0.1, 0.15) is 11.3 Å². The van der Waals surface area contributed by atoms with Gasteiger partial charge in [0.1, 0.15) is 0 Å². The van der Waals surface area contributed by atoms with Crippen LogP contribution in [0.3, 0.4) is 0 Å². The monoisotopic (exact) mass is 353 g/mol. The van der Waals surface area contributed by atoms with Crippen molar-refractivity contribution in [3.8, 4) is 11.5 Å². The summed E-state index contributed by atoms with van der Waals surface area (Å²) in [5.41, 5.74) is 2.36. The van der Waals surface area contributed by atoms with E-state index in [1.54, 1.807) is 14.2 Å². The van der Waals surface area contributed by atoms with Gasteiger partial charge in [0, 0.05) is 38.4 Å². The molecule has 114 valence electrons. The van der Waals surface area contributed by atoms with E-state index in [1.165, 1.54) is 5.69 Å². The van der Waals surface area contributed by atoms with Crippen molar-refractivity contribution in [3.05, 3.63) is 40.1 Å². The molecule has 0 saturated heterocycles. The summed E-state index contributed by atoms with van der Waals surface area (Å²) >= 11 is 3.50. The Morgan fingerprint density at radius 2 is 2.10 bits per heavy atom. The third-order valence-corrected chi connectivity index (χ3v) is 3.89. The quantitative estimate of drug-likeness (QED) is 0.777. The third-order valence-electron chi connectivity index (χ3n) is 3.30. The minimum Gasteiger partial charge on any atom is -0.493 e. The van der Waals surface area contributed by atoms with Crippen LogP contribution in [-0.4, -0.2) is 30.5 Å². The number of benzene rings is 1. The van der Waals surface area contributed by atoms with Crippen LogP contribution in [0.5, 0.6) is 11.5 Å². The first kappa shape index (κ1) is 15.9. The summed E-state index contributed by atoms with van der Waals surface area (Å²) in [4.78, 5) is 0. The lowest BCUT2D eigenvalue weighted by molar-refractivity contribution is 0.352. The number of rotatable bonds is 7. The molecule has 21 heavy (non-hydrogen) atoms. The third kappa shape index (κ3) is 3.98. The highest BCUT2D eigenvalue weighted by molar-refractivity contribution is 9.10. The number of nitrogens with zero attached hydrogens (tertiary/aromatic N) is 2. The molecule has 2 rings (SSSR count). The van der Waals surface area contributed by atoms with Crippen molar-refractivity contribution in [2.45, 2.75) is 13.0 Å². The highest BCUT2D eigenvalue weighted by Gasteiger charge is 2.10. The van der Waals surface area contributed by atoms with Crippen LogP contribution in [-0.2, 0) is 20.0 Å². The van der Waals surface area contributed by atoms with Gasteiger partial charge in [0.25, 0.3) is 0 Å². The van der Waals surface area contributed by atoms with Gasteiger partial charge in [-0.15, -0.1) is 0 Å². The van der Waals surface area contributed by atoms with E-state index in [-0.39, 0.29) is 0 Å². The molecule has 0 spiro atoms. The van der Waals surface area contributed by atoms with Gasteiger partial charge < -0.3 is 14.8 Å². The van der Waals surface area contributed by atoms with Crippen molar-refractivity contribution >= 4 is 15.9 Å². The standard InChI is InChI=1S/C15H20BrN3O2/c1-19-12(5-7-18-19)4-6-17-10-11-8-13(16)15(21-3)14(9-11)20-2/h5,7-9,17H,4,6,10H2,1-3H3. The van der Waals surface area contributed by atoms with Gasteiger partial charge in [0.05, 0.1) is 18.7 Å². The van der Waals surface area contributed by atoms with Crippen LogP contribution in [0.15, 0.2) is 28.9 Å². The Balaban J connectivity index is 1.91. The summed E-state index contributed by atoms with van der Waals surface area (Å²) < 4.78 is 13.4. The number of halogens is 1. The normalized spacial score (nSPS) is 10.7. The zero-order valence-corrected chi connectivity index (χ0v) is 14.1. The van der Waals surface area contributed by atoms with Crippen LogP contribution in [0.25, 0.3) is 0 Å². The summed E-state index contributed by atoms with van der Waals surface area (Å²) in [6, 6.07) is 6.06. The van der Waals surface area contributed by atoms with Crippen LogP contribution < -0.4 is 14.8 Å². The predicted molar refractivity (Wildman–Crippen MR) is 85.9 cm³/mol. The largest absolute Gasteiger partial charge is 0.493 e. The molecular weight excluding hydrogens is 334 g/mol.